The molecular weight excluding hydrogens is 450 g/mol. The van der Waals surface area contributed by atoms with Crippen molar-refractivity contribution in [2.75, 3.05) is 25.1 Å². The van der Waals surface area contributed by atoms with Crippen molar-refractivity contribution < 1.29 is 4.74 Å². The van der Waals surface area contributed by atoms with Gasteiger partial charge in [0.15, 0.2) is 0 Å². The average molecular weight is 490 g/mol. The zero-order valence-electron chi connectivity index (χ0n) is 22.7. The van der Waals surface area contributed by atoms with Gasteiger partial charge in [0.1, 0.15) is 5.75 Å². The Morgan fingerprint density at radius 1 is 0.676 bits per heavy atom. The fourth-order valence-electron chi connectivity index (χ4n) is 6.50. The number of hydrogen-bond acceptors (Lipinski definition) is 2. The Bertz CT molecular complexity index is 1530. The lowest BCUT2D eigenvalue weighted by molar-refractivity contribution is 0.415. The van der Waals surface area contributed by atoms with Gasteiger partial charge in [0.25, 0.3) is 0 Å². The maximum Gasteiger partial charge on any atom is 0.118 e. The van der Waals surface area contributed by atoms with Gasteiger partial charge in [-0.2, -0.15) is 0 Å². The molecule has 1 aliphatic rings. The molecule has 0 atom stereocenters. The van der Waals surface area contributed by atoms with Crippen molar-refractivity contribution in [3.05, 3.63) is 71.8 Å². The Morgan fingerprint density at radius 3 is 1.86 bits per heavy atom. The van der Waals surface area contributed by atoms with Crippen LogP contribution in [-0.2, 0) is 12.8 Å². The highest BCUT2D eigenvalue weighted by Crippen LogP contribution is 2.45. The molecule has 0 N–H and O–H groups in total. The van der Waals surface area contributed by atoms with Crippen LogP contribution in [-0.4, -0.2) is 20.2 Å². The second-order valence-electron chi connectivity index (χ2n) is 10.8. The van der Waals surface area contributed by atoms with E-state index in [0.29, 0.717) is 0 Å². The lowest BCUT2D eigenvalue weighted by Crippen LogP contribution is -2.18. The van der Waals surface area contributed by atoms with Gasteiger partial charge in [-0.1, -0.05) is 63.1 Å². The van der Waals surface area contributed by atoms with Crippen molar-refractivity contribution in [2.24, 2.45) is 0 Å². The molecule has 0 bridgehead atoms. The number of hydrogen-bond donors (Lipinski definition) is 0. The van der Waals surface area contributed by atoms with Gasteiger partial charge in [0.2, 0.25) is 0 Å². The van der Waals surface area contributed by atoms with Crippen LogP contribution in [0.15, 0.2) is 60.7 Å². The molecule has 1 saturated heterocycles. The number of nitrogens with zero attached hydrogens (tertiary/aromatic N) is 1. The van der Waals surface area contributed by atoms with Crippen LogP contribution in [0, 0.1) is 0 Å². The minimum Gasteiger partial charge on any atom is -0.497 e. The van der Waals surface area contributed by atoms with E-state index in [-0.39, 0.29) is 0 Å². The lowest BCUT2D eigenvalue weighted by atomic mass is 9.84. The normalized spacial score (nSPS) is 14.0. The van der Waals surface area contributed by atoms with Crippen molar-refractivity contribution in [1.29, 1.82) is 0 Å². The van der Waals surface area contributed by atoms with Gasteiger partial charge >= 0.3 is 0 Å². The highest BCUT2D eigenvalue weighted by atomic mass is 16.5. The first-order valence-corrected chi connectivity index (χ1v) is 14.4. The van der Waals surface area contributed by atoms with Crippen molar-refractivity contribution in [1.82, 2.24) is 0 Å². The quantitative estimate of drug-likeness (QED) is 0.191. The zero-order chi connectivity index (χ0) is 25.4. The molecule has 0 saturated carbocycles. The van der Waals surface area contributed by atoms with Crippen LogP contribution < -0.4 is 9.64 Å². The van der Waals surface area contributed by atoms with Crippen molar-refractivity contribution in [2.45, 2.75) is 65.2 Å². The molecule has 2 heteroatoms. The molecular formula is C35H39NO. The van der Waals surface area contributed by atoms with E-state index >= 15 is 0 Å². The van der Waals surface area contributed by atoms with Gasteiger partial charge in [-0.05, 0) is 112 Å². The van der Waals surface area contributed by atoms with E-state index in [1.54, 1.807) is 7.11 Å². The first-order valence-electron chi connectivity index (χ1n) is 14.4. The van der Waals surface area contributed by atoms with E-state index in [0.717, 1.165) is 18.6 Å². The molecule has 1 heterocycles. The molecule has 5 aromatic rings. The standard InChI is InChI=1S/C35H39NO/c1-4-6-10-25-22-32(24-12-14-27(37-3)15-13-24)30-18-16-29-26(11-7-5-2)23-33(36-20-8-9-21-36)31-19-17-28(25)34(30)35(29)31/h12-19,22-23H,4-11,20-21H2,1-3H3. The summed E-state index contributed by atoms with van der Waals surface area (Å²) in [6.45, 7) is 6.95. The van der Waals surface area contributed by atoms with Crippen LogP contribution >= 0.6 is 0 Å². The Labute approximate surface area is 221 Å². The fraction of sp³-hybridized carbons (Fsp3) is 0.371. The summed E-state index contributed by atoms with van der Waals surface area (Å²) < 4.78 is 5.46. The number of rotatable bonds is 9. The summed E-state index contributed by atoms with van der Waals surface area (Å²) in [5.41, 5.74) is 7.07. The predicted octanol–water partition coefficient (Wildman–Crippen LogP) is 9.54. The second kappa shape index (κ2) is 10.2. The van der Waals surface area contributed by atoms with Crippen LogP contribution in [0.25, 0.3) is 43.4 Å². The molecule has 0 unspecified atom stereocenters. The third-order valence-electron chi connectivity index (χ3n) is 8.50. The predicted molar refractivity (Wildman–Crippen MR) is 161 cm³/mol. The summed E-state index contributed by atoms with van der Waals surface area (Å²) in [5.74, 6) is 0.906. The van der Waals surface area contributed by atoms with E-state index in [1.165, 1.54) is 112 Å². The molecule has 5 aromatic carbocycles. The molecule has 1 fully saturated rings. The summed E-state index contributed by atoms with van der Waals surface area (Å²) in [6, 6.07) is 23.3. The van der Waals surface area contributed by atoms with E-state index in [4.69, 9.17) is 4.74 Å². The SMILES string of the molecule is CCCCc1cc(-c2ccc(OC)cc2)c2ccc3c(CCCC)cc(N4CCCC4)c4ccc1c2c34. The Hall–Kier alpha value is -3.26. The highest BCUT2D eigenvalue weighted by molar-refractivity contribution is 6.28. The molecule has 0 aromatic heterocycles. The molecule has 37 heavy (non-hydrogen) atoms. The van der Waals surface area contributed by atoms with E-state index in [1.807, 2.05) is 0 Å². The smallest absolute Gasteiger partial charge is 0.118 e. The number of anilines is 1. The Morgan fingerprint density at radius 2 is 1.24 bits per heavy atom. The van der Waals surface area contributed by atoms with Gasteiger partial charge in [-0.25, -0.2) is 0 Å². The maximum atomic E-state index is 5.46. The van der Waals surface area contributed by atoms with Crippen LogP contribution in [0.2, 0.25) is 0 Å². The van der Waals surface area contributed by atoms with Gasteiger partial charge in [0.05, 0.1) is 7.11 Å². The molecule has 2 nitrogen and oxygen atoms in total. The van der Waals surface area contributed by atoms with Gasteiger partial charge in [-0.15, -0.1) is 0 Å². The summed E-state index contributed by atoms with van der Waals surface area (Å²) in [6.07, 6.45) is 9.76. The number of benzene rings is 5. The van der Waals surface area contributed by atoms with Gasteiger partial charge in [0, 0.05) is 24.2 Å². The van der Waals surface area contributed by atoms with Gasteiger partial charge < -0.3 is 9.64 Å². The minimum absolute atomic E-state index is 0.906. The van der Waals surface area contributed by atoms with E-state index in [2.05, 4.69) is 79.4 Å². The largest absolute Gasteiger partial charge is 0.497 e. The topological polar surface area (TPSA) is 12.5 Å². The Kier molecular flexibility index (Phi) is 6.67. The van der Waals surface area contributed by atoms with Crippen LogP contribution in [0.5, 0.6) is 5.75 Å². The number of methoxy groups -OCH3 is 1. The fourth-order valence-corrected chi connectivity index (χ4v) is 6.50. The highest BCUT2D eigenvalue weighted by Gasteiger charge is 2.22. The minimum atomic E-state index is 0.906. The number of aryl methyl sites for hydroxylation is 2. The zero-order valence-corrected chi connectivity index (χ0v) is 22.7. The van der Waals surface area contributed by atoms with Crippen molar-refractivity contribution in [3.63, 3.8) is 0 Å². The molecule has 190 valence electrons. The maximum absolute atomic E-state index is 5.46. The monoisotopic (exact) mass is 489 g/mol. The first kappa shape index (κ1) is 24.1. The average Bonchev–Trinajstić information content (AvgIpc) is 3.49. The molecule has 0 aliphatic carbocycles. The third-order valence-corrected chi connectivity index (χ3v) is 8.50. The molecule has 0 amide bonds. The second-order valence-corrected chi connectivity index (χ2v) is 10.8. The van der Waals surface area contributed by atoms with Crippen LogP contribution in [0.1, 0.15) is 63.5 Å². The number of ether oxygens (including phenoxy) is 1. The summed E-state index contributed by atoms with van der Waals surface area (Å²) >= 11 is 0. The van der Waals surface area contributed by atoms with Gasteiger partial charge in [-0.3, -0.25) is 0 Å². The van der Waals surface area contributed by atoms with Crippen LogP contribution in [0.4, 0.5) is 5.69 Å². The summed E-state index contributed by atoms with van der Waals surface area (Å²) in [5, 5.41) is 8.66. The Balaban J connectivity index is 1.69. The summed E-state index contributed by atoms with van der Waals surface area (Å²) in [4.78, 5) is 2.64. The number of unbranched alkanes of at least 4 members (excludes halogenated alkanes) is 2. The summed E-state index contributed by atoms with van der Waals surface area (Å²) in [7, 11) is 1.74. The van der Waals surface area contributed by atoms with Crippen molar-refractivity contribution >= 4 is 38.0 Å². The molecule has 0 spiro atoms. The van der Waals surface area contributed by atoms with Crippen LogP contribution in [0.3, 0.4) is 0 Å². The van der Waals surface area contributed by atoms with E-state index in [9.17, 15) is 0 Å². The van der Waals surface area contributed by atoms with E-state index < -0.39 is 0 Å². The molecule has 0 radical (unpaired) electrons. The third kappa shape index (κ3) is 4.21. The first-order chi connectivity index (χ1) is 18.2. The lowest BCUT2D eigenvalue weighted by Gasteiger charge is -2.25. The molecule has 1 aliphatic heterocycles. The molecule has 6 rings (SSSR count). The van der Waals surface area contributed by atoms with Crippen molar-refractivity contribution in [3.8, 4) is 16.9 Å².